The van der Waals surface area contributed by atoms with Crippen molar-refractivity contribution in [2.45, 2.75) is 111 Å². The summed E-state index contributed by atoms with van der Waals surface area (Å²) >= 11 is -1.51. The number of fused-ring (bicyclic) bond motifs is 2. The maximum Gasteiger partial charge on any atom is -1.00 e. The summed E-state index contributed by atoms with van der Waals surface area (Å²) in [6.07, 6.45) is 5.43. The van der Waals surface area contributed by atoms with Crippen molar-refractivity contribution >= 4 is 28.0 Å². The molecule has 6 rings (SSSR count). The second kappa shape index (κ2) is 15.8. The fraction of sp³-hybridized carbons (Fsp3) is 0.391. The number of allylic oxidation sites excluding steroid dienone is 2. The number of rotatable bonds is 6. The summed E-state index contributed by atoms with van der Waals surface area (Å²) in [6, 6.07) is 36.7. The Kier molecular flexibility index (Phi) is 13.1. The summed E-state index contributed by atoms with van der Waals surface area (Å²) in [7, 11) is -0.840. The van der Waals surface area contributed by atoms with E-state index in [0.29, 0.717) is 7.35 Å². The third-order valence-corrected chi connectivity index (χ3v) is 25.6. The van der Waals surface area contributed by atoms with E-state index in [1.807, 2.05) is 0 Å². The van der Waals surface area contributed by atoms with E-state index in [1.54, 1.807) is 21.8 Å². The van der Waals surface area contributed by atoms with Crippen molar-refractivity contribution in [1.29, 1.82) is 0 Å². The normalized spacial score (nSPS) is 17.2. The molecule has 0 spiro atoms. The molecule has 51 heavy (non-hydrogen) atoms. The molecule has 2 unspecified atom stereocenters. The van der Waals surface area contributed by atoms with Crippen molar-refractivity contribution < 1.29 is 47.7 Å². The Bertz CT molecular complexity index is 1720. The van der Waals surface area contributed by atoms with E-state index in [9.17, 15) is 0 Å². The van der Waals surface area contributed by atoms with Gasteiger partial charge in [0.05, 0.1) is 0 Å². The van der Waals surface area contributed by atoms with E-state index in [2.05, 4.69) is 192 Å². The predicted molar refractivity (Wildman–Crippen MR) is 218 cm³/mol. The molecule has 0 saturated carbocycles. The van der Waals surface area contributed by atoms with Gasteiger partial charge in [-0.2, -0.15) is 0 Å². The van der Waals surface area contributed by atoms with Crippen molar-refractivity contribution in [1.82, 2.24) is 0 Å². The van der Waals surface area contributed by atoms with Gasteiger partial charge in [-0.25, -0.2) is 0 Å². The maximum absolute atomic E-state index is 2.72. The molecule has 268 valence electrons. The van der Waals surface area contributed by atoms with E-state index in [0.717, 1.165) is 0 Å². The van der Waals surface area contributed by atoms with E-state index in [4.69, 9.17) is 0 Å². The molecule has 2 atom stereocenters. The zero-order valence-electron chi connectivity index (χ0n) is 32.7. The summed E-state index contributed by atoms with van der Waals surface area (Å²) < 4.78 is 1.14. The fourth-order valence-corrected chi connectivity index (χ4v) is 27.5. The van der Waals surface area contributed by atoms with Gasteiger partial charge < -0.3 is 24.8 Å². The smallest absolute Gasteiger partial charge is 1.00 e. The van der Waals surface area contributed by atoms with Crippen LogP contribution in [-0.4, -0.2) is 20.6 Å². The second-order valence-electron chi connectivity index (χ2n) is 17.9. The van der Waals surface area contributed by atoms with Gasteiger partial charge in [0.1, 0.15) is 0 Å². The third kappa shape index (κ3) is 8.66. The monoisotopic (exact) mass is 920 g/mol. The van der Waals surface area contributed by atoms with Crippen molar-refractivity contribution in [3.05, 3.63) is 130 Å². The van der Waals surface area contributed by atoms with Crippen LogP contribution < -0.4 is 24.8 Å². The van der Waals surface area contributed by atoms with Crippen LogP contribution in [0.5, 0.6) is 0 Å². The van der Waals surface area contributed by atoms with E-state index in [1.165, 1.54) is 33.4 Å². The number of halogens is 2. The first-order valence-corrected chi connectivity index (χ1v) is 24.9. The molecule has 0 bridgehead atoms. The van der Waals surface area contributed by atoms with Gasteiger partial charge in [-0.3, -0.25) is 0 Å². The first-order chi connectivity index (χ1) is 22.9. The third-order valence-electron chi connectivity index (χ3n) is 9.78. The average Bonchev–Trinajstić information content (AvgIpc) is 3.53. The SMILES string of the molecule is CC(C)(C)P(C1=Cc2c(-c3ccccc3)cccc2[CH]1[Hf+2][CH]1C(P(C(C)(C)C)C(C)(C)C)=Cc2c(-c3ccccc3)cccc21)C(C)(C)C.[Cl-].[Cl-]. The van der Waals surface area contributed by atoms with Gasteiger partial charge in [-0.15, -0.1) is 0 Å². The Hall–Kier alpha value is -1.33. The van der Waals surface area contributed by atoms with Crippen LogP contribution in [0.2, 0.25) is 0 Å². The quantitative estimate of drug-likeness (QED) is 0.134. The molecule has 0 heterocycles. The summed E-state index contributed by atoms with van der Waals surface area (Å²) in [5.74, 6) is 0. The van der Waals surface area contributed by atoms with Crippen molar-refractivity contribution in [2.75, 3.05) is 0 Å². The molecule has 0 aromatic heterocycles. The molecule has 0 amide bonds. The van der Waals surface area contributed by atoms with Crippen molar-refractivity contribution in [2.24, 2.45) is 0 Å². The van der Waals surface area contributed by atoms with Crippen LogP contribution in [0.4, 0.5) is 0 Å². The summed E-state index contributed by atoms with van der Waals surface area (Å²) in [5.41, 5.74) is 11.7. The van der Waals surface area contributed by atoms with Crippen molar-refractivity contribution in [3.8, 4) is 22.3 Å². The first kappa shape index (κ1) is 42.4. The Morgan fingerprint density at radius 3 is 1.02 bits per heavy atom. The minimum absolute atomic E-state index is 0. The van der Waals surface area contributed by atoms with Crippen LogP contribution in [0, 0.1) is 0 Å². The standard InChI is InChI=1S/2C23H28P.2ClH.Hf/c2*1-22(2,3)24(23(4,5)6)19-15-18-13-10-14-20(21(18)16-19)17-11-8-7-9-12-17;;;/h2*7-16H,1-6H3;2*1H;/q;;;;+2/p-2. The average molecular weight is 920 g/mol. The van der Waals surface area contributed by atoms with Crippen LogP contribution in [0.1, 0.15) is 113 Å². The summed E-state index contributed by atoms with van der Waals surface area (Å²) in [5, 5.41) is 4.41. The van der Waals surface area contributed by atoms with Crippen LogP contribution in [0.3, 0.4) is 0 Å². The first-order valence-electron chi connectivity index (χ1n) is 18.0. The van der Waals surface area contributed by atoms with Gasteiger partial charge in [0.25, 0.3) is 0 Å². The van der Waals surface area contributed by atoms with Gasteiger partial charge in [-0.05, 0) is 0 Å². The van der Waals surface area contributed by atoms with Gasteiger partial charge in [-0.1, -0.05) is 0 Å². The van der Waals surface area contributed by atoms with Crippen molar-refractivity contribution in [3.63, 3.8) is 0 Å². The van der Waals surface area contributed by atoms with Gasteiger partial charge in [0, 0.05) is 0 Å². The molecule has 4 aromatic carbocycles. The Labute approximate surface area is 336 Å². The Morgan fingerprint density at radius 2 is 0.725 bits per heavy atom. The maximum atomic E-state index is 2.72. The van der Waals surface area contributed by atoms with Crippen LogP contribution in [-0.2, 0) is 22.9 Å². The summed E-state index contributed by atoms with van der Waals surface area (Å²) in [4.78, 5) is 0. The van der Waals surface area contributed by atoms with Gasteiger partial charge in [0.2, 0.25) is 0 Å². The molecule has 5 heteroatoms. The number of hydrogen-bond acceptors (Lipinski definition) is 0. The molecule has 2 aliphatic carbocycles. The van der Waals surface area contributed by atoms with Gasteiger partial charge in [0.15, 0.2) is 0 Å². The molecule has 0 nitrogen and oxygen atoms in total. The topological polar surface area (TPSA) is 0 Å². The van der Waals surface area contributed by atoms with Crippen LogP contribution in [0.25, 0.3) is 34.4 Å². The molecular weight excluding hydrogens is 864 g/mol. The number of benzene rings is 4. The van der Waals surface area contributed by atoms with E-state index >= 15 is 0 Å². The van der Waals surface area contributed by atoms with Gasteiger partial charge >= 0.3 is 314 Å². The predicted octanol–water partition coefficient (Wildman–Crippen LogP) is 8.76. The molecule has 2 aliphatic rings. The molecular formula is C46H56Cl2HfP2. The largest absolute Gasteiger partial charge is 1.00 e. The van der Waals surface area contributed by atoms with Crippen LogP contribution >= 0.6 is 15.8 Å². The van der Waals surface area contributed by atoms with E-state index in [-0.39, 0.29) is 45.4 Å². The zero-order chi connectivity index (χ0) is 35.5. The molecule has 4 aromatic rings. The fourth-order valence-electron chi connectivity index (χ4n) is 8.98. The molecule has 0 fully saturated rings. The minimum atomic E-state index is -1.51. The molecule has 0 aliphatic heterocycles. The number of hydrogen-bond donors (Lipinski definition) is 0. The Morgan fingerprint density at radius 1 is 0.412 bits per heavy atom. The minimum Gasteiger partial charge on any atom is -1.00 e. The second-order valence-corrected chi connectivity index (χ2v) is 31.0. The molecule has 0 N–H and O–H groups in total. The summed E-state index contributed by atoms with van der Waals surface area (Å²) in [6.45, 7) is 30.1. The Balaban J connectivity index is 0.00000292. The van der Waals surface area contributed by atoms with E-state index < -0.39 is 38.7 Å². The molecule has 0 radical (unpaired) electrons. The van der Waals surface area contributed by atoms with Crippen LogP contribution in [0.15, 0.2) is 108 Å². The molecule has 0 saturated heterocycles. The zero-order valence-corrected chi connectivity index (χ0v) is 39.6.